The molecule has 9 nitrogen and oxygen atoms in total. The highest BCUT2D eigenvalue weighted by molar-refractivity contribution is 5.76. The van der Waals surface area contributed by atoms with Crippen LogP contribution in [0.4, 0.5) is 0 Å². The first-order chi connectivity index (χ1) is 9.65. The number of carbonyl (C=O) groups is 3. The molecule has 21 heavy (non-hydrogen) atoms. The minimum Gasteiger partial charge on any atom is -0.298 e. The Morgan fingerprint density at radius 2 is 0.810 bits per heavy atom. The molecular weight excluding hydrogens is 282 g/mol. The fourth-order valence-electron chi connectivity index (χ4n) is 1.76. The average Bonchev–Trinajstić information content (AvgIpc) is 2.35. The summed E-state index contributed by atoms with van der Waals surface area (Å²) in [6.45, 7) is 1.90. The highest BCUT2D eigenvalue weighted by Gasteiger charge is 2.17. The van der Waals surface area contributed by atoms with Gasteiger partial charge in [0.25, 0.3) is 0 Å². The van der Waals surface area contributed by atoms with Crippen molar-refractivity contribution in [2.75, 3.05) is 0 Å². The summed E-state index contributed by atoms with van der Waals surface area (Å²) in [7, 11) is 0. The Kier molecular flexibility index (Phi) is 4.90. The Balaban J connectivity index is 3.73. The van der Waals surface area contributed by atoms with E-state index < -0.39 is 54.1 Å². The smallest absolute Gasteiger partial charge is 0.298 e. The highest BCUT2D eigenvalue weighted by Crippen LogP contribution is 1.81. The second kappa shape index (κ2) is 6.25. The molecule has 1 aromatic rings. The van der Waals surface area contributed by atoms with E-state index in [0.29, 0.717) is 13.7 Å². The lowest BCUT2D eigenvalue weighted by atomic mass is 10.4. The first kappa shape index (κ1) is 16.5. The van der Waals surface area contributed by atoms with Gasteiger partial charge in [0.1, 0.15) is 17.3 Å². The molecule has 0 atom stereocenters. The van der Waals surface area contributed by atoms with E-state index in [1.165, 1.54) is 20.8 Å². The fraction of sp³-hybridized carbons (Fsp3) is 0.500. The number of ketones is 3. The van der Waals surface area contributed by atoms with E-state index in [4.69, 9.17) is 0 Å². The number of aromatic nitrogens is 3. The lowest BCUT2D eigenvalue weighted by Gasteiger charge is -2.11. The zero-order valence-electron chi connectivity index (χ0n) is 11.9. The molecule has 0 fully saturated rings. The van der Waals surface area contributed by atoms with Crippen LogP contribution in [0.25, 0.3) is 0 Å². The van der Waals surface area contributed by atoms with Gasteiger partial charge in [-0.1, -0.05) is 0 Å². The maximum Gasteiger partial charge on any atom is 0.337 e. The molecule has 1 rings (SSSR count). The number of rotatable bonds is 6. The standard InChI is InChI=1S/C12H15N3O6/c1-7(16)4-13-10(19)14(5-8(2)17)12(21)15(11(13)20)6-9(3)18/h4-6H2,1-3H3. The summed E-state index contributed by atoms with van der Waals surface area (Å²) in [5.41, 5.74) is -3.14. The van der Waals surface area contributed by atoms with Gasteiger partial charge >= 0.3 is 17.1 Å². The first-order valence-electron chi connectivity index (χ1n) is 6.08. The normalized spacial score (nSPS) is 10.4. The van der Waals surface area contributed by atoms with Crippen molar-refractivity contribution in [2.45, 2.75) is 40.4 Å². The van der Waals surface area contributed by atoms with E-state index in [1.54, 1.807) is 0 Å². The summed E-state index contributed by atoms with van der Waals surface area (Å²) in [4.78, 5) is 69.5. The molecule has 0 amide bonds. The van der Waals surface area contributed by atoms with Crippen molar-refractivity contribution in [3.8, 4) is 0 Å². The van der Waals surface area contributed by atoms with Gasteiger partial charge in [0.05, 0.1) is 19.6 Å². The van der Waals surface area contributed by atoms with E-state index in [-0.39, 0.29) is 0 Å². The molecule has 0 aliphatic rings. The van der Waals surface area contributed by atoms with Gasteiger partial charge in [-0.2, -0.15) is 0 Å². The minimum atomic E-state index is -1.05. The van der Waals surface area contributed by atoms with E-state index in [0.717, 1.165) is 0 Å². The van der Waals surface area contributed by atoms with Gasteiger partial charge in [0.15, 0.2) is 0 Å². The van der Waals surface area contributed by atoms with Crippen LogP contribution < -0.4 is 17.1 Å². The third-order valence-corrected chi connectivity index (χ3v) is 2.53. The zero-order chi connectivity index (χ0) is 16.3. The summed E-state index contributed by atoms with van der Waals surface area (Å²) >= 11 is 0. The van der Waals surface area contributed by atoms with Gasteiger partial charge in [-0.3, -0.25) is 14.4 Å². The van der Waals surface area contributed by atoms with Crippen LogP contribution in [0.1, 0.15) is 20.8 Å². The van der Waals surface area contributed by atoms with Crippen molar-refractivity contribution in [3.05, 3.63) is 31.5 Å². The molecule has 0 bridgehead atoms. The number of hydrogen-bond donors (Lipinski definition) is 0. The van der Waals surface area contributed by atoms with Gasteiger partial charge < -0.3 is 0 Å². The lowest BCUT2D eigenvalue weighted by Crippen LogP contribution is -2.56. The van der Waals surface area contributed by atoms with Crippen LogP contribution in [0.5, 0.6) is 0 Å². The maximum atomic E-state index is 12.0. The second-order valence-electron chi connectivity index (χ2n) is 4.71. The average molecular weight is 297 g/mol. The first-order valence-corrected chi connectivity index (χ1v) is 6.08. The monoisotopic (exact) mass is 297 g/mol. The molecule has 1 aromatic heterocycles. The number of Topliss-reactive ketones (excluding diaryl/α,β-unsaturated/α-hetero) is 3. The molecule has 9 heteroatoms. The van der Waals surface area contributed by atoms with Crippen molar-refractivity contribution in [1.82, 2.24) is 13.7 Å². The van der Waals surface area contributed by atoms with Crippen LogP contribution >= 0.6 is 0 Å². The van der Waals surface area contributed by atoms with Crippen LogP contribution in [-0.4, -0.2) is 31.1 Å². The third kappa shape index (κ3) is 3.71. The van der Waals surface area contributed by atoms with E-state index in [1.807, 2.05) is 0 Å². The molecule has 1 heterocycles. The van der Waals surface area contributed by atoms with Crippen LogP contribution in [0.3, 0.4) is 0 Å². The molecule has 0 aliphatic carbocycles. The number of nitrogens with zero attached hydrogens (tertiary/aromatic N) is 3. The second-order valence-corrected chi connectivity index (χ2v) is 4.71. The summed E-state index contributed by atoms with van der Waals surface area (Å²) in [6, 6.07) is 0. The lowest BCUT2D eigenvalue weighted by molar-refractivity contribution is -0.118. The van der Waals surface area contributed by atoms with E-state index in [9.17, 15) is 28.8 Å². The Morgan fingerprint density at radius 3 is 0.952 bits per heavy atom. The molecule has 0 unspecified atom stereocenters. The van der Waals surface area contributed by atoms with Crippen molar-refractivity contribution in [1.29, 1.82) is 0 Å². The SMILES string of the molecule is CC(=O)Cn1c(=O)n(CC(C)=O)c(=O)n(CC(C)=O)c1=O. The van der Waals surface area contributed by atoms with Crippen molar-refractivity contribution in [2.24, 2.45) is 0 Å². The summed E-state index contributed by atoms with van der Waals surface area (Å²) in [5, 5.41) is 0. The predicted molar refractivity (Wildman–Crippen MR) is 71.3 cm³/mol. The number of hydrogen-bond acceptors (Lipinski definition) is 6. The summed E-state index contributed by atoms with van der Waals surface area (Å²) < 4.78 is 1.61. The molecular formula is C12H15N3O6. The van der Waals surface area contributed by atoms with Crippen molar-refractivity contribution < 1.29 is 14.4 Å². The minimum absolute atomic E-state index is 0.475. The largest absolute Gasteiger partial charge is 0.337 e. The summed E-state index contributed by atoms with van der Waals surface area (Å²) in [6.07, 6.45) is 0. The van der Waals surface area contributed by atoms with Crippen molar-refractivity contribution >= 4 is 17.3 Å². The van der Waals surface area contributed by atoms with Gasteiger partial charge in [-0.15, -0.1) is 0 Å². The van der Waals surface area contributed by atoms with Crippen LogP contribution in [0.15, 0.2) is 14.4 Å². The molecule has 0 spiro atoms. The highest BCUT2D eigenvalue weighted by atomic mass is 16.2. The molecule has 0 radical (unpaired) electrons. The van der Waals surface area contributed by atoms with Gasteiger partial charge in [0.2, 0.25) is 0 Å². The predicted octanol–water partition coefficient (Wildman–Crippen LogP) is -2.06. The molecule has 0 aliphatic heterocycles. The Hall–Kier alpha value is -2.58. The van der Waals surface area contributed by atoms with E-state index >= 15 is 0 Å². The zero-order valence-corrected chi connectivity index (χ0v) is 11.9. The maximum absolute atomic E-state index is 12.0. The van der Waals surface area contributed by atoms with Gasteiger partial charge in [-0.25, -0.2) is 28.1 Å². The van der Waals surface area contributed by atoms with Crippen molar-refractivity contribution in [3.63, 3.8) is 0 Å². The van der Waals surface area contributed by atoms with Crippen LogP contribution in [-0.2, 0) is 34.0 Å². The molecule has 0 N–H and O–H groups in total. The topological polar surface area (TPSA) is 117 Å². The Bertz CT molecular complexity index is 645. The van der Waals surface area contributed by atoms with Crippen LogP contribution in [0, 0.1) is 0 Å². The van der Waals surface area contributed by atoms with E-state index in [2.05, 4.69) is 0 Å². The quantitative estimate of drug-likeness (QED) is 0.596. The van der Waals surface area contributed by atoms with Gasteiger partial charge in [0, 0.05) is 0 Å². The molecule has 0 saturated carbocycles. The molecule has 0 aromatic carbocycles. The molecule has 114 valence electrons. The van der Waals surface area contributed by atoms with Gasteiger partial charge in [-0.05, 0) is 20.8 Å². The Morgan fingerprint density at radius 1 is 0.619 bits per heavy atom. The summed E-state index contributed by atoms with van der Waals surface area (Å²) in [5.74, 6) is -1.43. The van der Waals surface area contributed by atoms with Crippen LogP contribution in [0.2, 0.25) is 0 Å². The number of carbonyl (C=O) groups excluding carboxylic acids is 3. The Labute approximate surface area is 118 Å². The third-order valence-electron chi connectivity index (χ3n) is 2.53. The fourth-order valence-corrected chi connectivity index (χ4v) is 1.76. The molecule has 0 saturated heterocycles.